The second-order valence-electron chi connectivity index (χ2n) is 5.75. The van der Waals surface area contributed by atoms with E-state index in [2.05, 4.69) is 5.32 Å². The van der Waals surface area contributed by atoms with Gasteiger partial charge in [-0.3, -0.25) is 4.79 Å². The first-order valence-electron chi connectivity index (χ1n) is 7.73. The fourth-order valence-electron chi connectivity index (χ4n) is 2.47. The van der Waals surface area contributed by atoms with Crippen molar-refractivity contribution in [3.8, 4) is 11.3 Å². The zero-order valence-electron chi connectivity index (χ0n) is 13.6. The van der Waals surface area contributed by atoms with Crippen LogP contribution in [0.5, 0.6) is 0 Å². The van der Waals surface area contributed by atoms with E-state index in [1.54, 1.807) is 31.2 Å². The Labute approximate surface area is 140 Å². The Morgan fingerprint density at radius 2 is 1.83 bits per heavy atom. The van der Waals surface area contributed by atoms with Gasteiger partial charge in [-0.05, 0) is 48.7 Å². The van der Waals surface area contributed by atoms with Gasteiger partial charge in [0.05, 0.1) is 0 Å². The lowest BCUT2D eigenvalue weighted by Gasteiger charge is -2.05. The van der Waals surface area contributed by atoms with Gasteiger partial charge in [-0.2, -0.15) is 0 Å². The Bertz CT molecular complexity index is 883. The molecule has 0 fully saturated rings. The monoisotopic (exact) mass is 323 g/mol. The molecule has 3 nitrogen and oxygen atoms in total. The second-order valence-corrected chi connectivity index (χ2v) is 5.75. The molecule has 1 N–H and O–H groups in total. The van der Waals surface area contributed by atoms with Crippen LogP contribution in [0.3, 0.4) is 0 Å². The topological polar surface area (TPSA) is 42.2 Å². The Balaban J connectivity index is 1.70. The van der Waals surface area contributed by atoms with Gasteiger partial charge in [0, 0.05) is 12.1 Å². The van der Waals surface area contributed by atoms with Gasteiger partial charge < -0.3 is 9.73 Å². The quantitative estimate of drug-likeness (QED) is 0.760. The number of benzene rings is 2. The van der Waals surface area contributed by atoms with Crippen LogP contribution in [-0.4, -0.2) is 5.91 Å². The van der Waals surface area contributed by atoms with Gasteiger partial charge in [0.25, 0.3) is 5.91 Å². The van der Waals surface area contributed by atoms with E-state index in [0.29, 0.717) is 16.9 Å². The maximum Gasteiger partial charge on any atom is 0.287 e. The minimum atomic E-state index is -0.323. The Hall–Kier alpha value is -2.88. The normalized spacial score (nSPS) is 10.6. The van der Waals surface area contributed by atoms with Crippen LogP contribution >= 0.6 is 0 Å². The van der Waals surface area contributed by atoms with Crippen LogP contribution in [-0.2, 0) is 6.54 Å². The molecule has 0 atom stereocenters. The summed E-state index contributed by atoms with van der Waals surface area (Å²) >= 11 is 0. The number of hydrogen-bond donors (Lipinski definition) is 1. The molecule has 3 rings (SSSR count). The highest BCUT2D eigenvalue weighted by Gasteiger charge is 2.13. The standard InChI is InChI=1S/C20H18FNO2/c1-13-5-3-4-6-16(13)18-9-10-19(24-18)20(23)22-12-15-8-7-14(2)17(21)11-15/h3-11H,12H2,1-2H3,(H,22,23). The van der Waals surface area contributed by atoms with Gasteiger partial charge in [0.1, 0.15) is 11.6 Å². The van der Waals surface area contributed by atoms with Crippen LogP contribution < -0.4 is 5.32 Å². The van der Waals surface area contributed by atoms with Gasteiger partial charge >= 0.3 is 0 Å². The van der Waals surface area contributed by atoms with E-state index in [0.717, 1.165) is 11.1 Å². The molecule has 0 saturated carbocycles. The van der Waals surface area contributed by atoms with E-state index in [-0.39, 0.29) is 24.0 Å². The number of rotatable bonds is 4. The number of carbonyl (C=O) groups is 1. The van der Waals surface area contributed by atoms with Crippen LogP contribution in [0.2, 0.25) is 0 Å². The van der Waals surface area contributed by atoms with Crippen LogP contribution in [0.15, 0.2) is 59.0 Å². The zero-order valence-corrected chi connectivity index (χ0v) is 13.6. The number of nitrogens with one attached hydrogen (secondary N) is 1. The van der Waals surface area contributed by atoms with Crippen molar-refractivity contribution in [1.29, 1.82) is 0 Å². The first-order valence-corrected chi connectivity index (χ1v) is 7.73. The van der Waals surface area contributed by atoms with Crippen molar-refractivity contribution in [3.05, 3.63) is 82.9 Å². The molecule has 122 valence electrons. The summed E-state index contributed by atoms with van der Waals surface area (Å²) in [4.78, 5) is 12.2. The lowest BCUT2D eigenvalue weighted by atomic mass is 10.1. The summed E-state index contributed by atoms with van der Waals surface area (Å²) < 4.78 is 19.2. The molecule has 0 aliphatic rings. The molecule has 4 heteroatoms. The Morgan fingerprint density at radius 1 is 1.04 bits per heavy atom. The predicted molar refractivity (Wildman–Crippen MR) is 91.2 cm³/mol. The molecule has 1 heterocycles. The predicted octanol–water partition coefficient (Wildman–Crippen LogP) is 4.63. The van der Waals surface area contributed by atoms with Gasteiger partial charge in [-0.25, -0.2) is 4.39 Å². The number of amides is 1. The molecule has 2 aromatic carbocycles. The third-order valence-corrected chi connectivity index (χ3v) is 3.93. The third-order valence-electron chi connectivity index (χ3n) is 3.93. The molecule has 1 amide bonds. The van der Waals surface area contributed by atoms with Crippen LogP contribution in [0.4, 0.5) is 4.39 Å². The van der Waals surface area contributed by atoms with Crippen molar-refractivity contribution < 1.29 is 13.6 Å². The molecular formula is C20H18FNO2. The lowest BCUT2D eigenvalue weighted by molar-refractivity contribution is 0.0924. The maximum atomic E-state index is 13.5. The van der Waals surface area contributed by atoms with E-state index >= 15 is 0 Å². The summed E-state index contributed by atoms with van der Waals surface area (Å²) in [5, 5.41) is 2.74. The molecule has 0 aliphatic heterocycles. The number of carbonyl (C=O) groups excluding carboxylic acids is 1. The van der Waals surface area contributed by atoms with Crippen LogP contribution in [0, 0.1) is 19.7 Å². The molecular weight excluding hydrogens is 305 g/mol. The fraction of sp³-hybridized carbons (Fsp3) is 0.150. The largest absolute Gasteiger partial charge is 0.451 e. The first-order chi connectivity index (χ1) is 11.5. The molecule has 3 aromatic rings. The van der Waals surface area contributed by atoms with Crippen molar-refractivity contribution in [3.63, 3.8) is 0 Å². The number of aryl methyl sites for hydroxylation is 2. The van der Waals surface area contributed by atoms with E-state index < -0.39 is 0 Å². The summed E-state index contributed by atoms with van der Waals surface area (Å²) in [6.07, 6.45) is 0. The maximum absolute atomic E-state index is 13.5. The highest BCUT2D eigenvalue weighted by atomic mass is 19.1. The molecule has 0 saturated heterocycles. The highest BCUT2D eigenvalue weighted by Crippen LogP contribution is 2.25. The van der Waals surface area contributed by atoms with Gasteiger partial charge in [0.15, 0.2) is 5.76 Å². The lowest BCUT2D eigenvalue weighted by Crippen LogP contribution is -2.22. The minimum absolute atomic E-state index is 0.237. The highest BCUT2D eigenvalue weighted by molar-refractivity contribution is 5.92. The van der Waals surface area contributed by atoms with Gasteiger partial charge in [-0.15, -0.1) is 0 Å². The smallest absolute Gasteiger partial charge is 0.287 e. The average Bonchev–Trinajstić information content (AvgIpc) is 3.06. The molecule has 0 unspecified atom stereocenters. The van der Waals surface area contributed by atoms with Gasteiger partial charge in [-0.1, -0.05) is 36.4 Å². The van der Waals surface area contributed by atoms with Gasteiger partial charge in [0.2, 0.25) is 0 Å². The number of hydrogen-bond acceptors (Lipinski definition) is 2. The van der Waals surface area contributed by atoms with Crippen molar-refractivity contribution in [2.45, 2.75) is 20.4 Å². The summed E-state index contributed by atoms with van der Waals surface area (Å²) in [5.74, 6) is 0.290. The van der Waals surface area contributed by atoms with Crippen molar-refractivity contribution >= 4 is 5.91 Å². The Morgan fingerprint density at radius 3 is 2.58 bits per heavy atom. The molecule has 0 bridgehead atoms. The Kier molecular flexibility index (Phi) is 4.47. The average molecular weight is 323 g/mol. The second kappa shape index (κ2) is 6.71. The van der Waals surface area contributed by atoms with E-state index in [1.165, 1.54) is 6.07 Å². The van der Waals surface area contributed by atoms with Crippen LogP contribution in [0.1, 0.15) is 27.2 Å². The molecule has 0 radical (unpaired) electrons. The zero-order chi connectivity index (χ0) is 17.1. The molecule has 0 aliphatic carbocycles. The summed E-state index contributed by atoms with van der Waals surface area (Å²) in [6, 6.07) is 16.2. The molecule has 24 heavy (non-hydrogen) atoms. The summed E-state index contributed by atoms with van der Waals surface area (Å²) in [5.41, 5.74) is 3.32. The van der Waals surface area contributed by atoms with Crippen molar-refractivity contribution in [2.24, 2.45) is 0 Å². The minimum Gasteiger partial charge on any atom is -0.451 e. The van der Waals surface area contributed by atoms with E-state index in [4.69, 9.17) is 4.42 Å². The summed E-state index contributed by atoms with van der Waals surface area (Å²) in [6.45, 7) is 3.94. The van der Waals surface area contributed by atoms with Crippen molar-refractivity contribution in [1.82, 2.24) is 5.32 Å². The SMILES string of the molecule is Cc1ccc(CNC(=O)c2ccc(-c3ccccc3C)o2)cc1F. The summed E-state index contributed by atoms with van der Waals surface area (Å²) in [7, 11) is 0. The van der Waals surface area contributed by atoms with E-state index in [9.17, 15) is 9.18 Å². The molecule has 0 spiro atoms. The third kappa shape index (κ3) is 3.38. The fourth-order valence-corrected chi connectivity index (χ4v) is 2.47. The van der Waals surface area contributed by atoms with Crippen LogP contribution in [0.25, 0.3) is 11.3 Å². The molecule has 1 aromatic heterocycles. The van der Waals surface area contributed by atoms with E-state index in [1.807, 2.05) is 31.2 Å². The number of furan rings is 1. The number of halogens is 1. The van der Waals surface area contributed by atoms with Crippen molar-refractivity contribution in [2.75, 3.05) is 0 Å². The first kappa shape index (κ1) is 16.0.